The van der Waals surface area contributed by atoms with Gasteiger partial charge in [0.05, 0.1) is 5.56 Å². The lowest BCUT2D eigenvalue weighted by Gasteiger charge is -2.17. The summed E-state index contributed by atoms with van der Waals surface area (Å²) in [5.41, 5.74) is 7.46. The van der Waals surface area contributed by atoms with Crippen molar-refractivity contribution in [3.63, 3.8) is 0 Å². The maximum atomic E-state index is 14.5. The Morgan fingerprint density at radius 1 is 1.00 bits per heavy atom. The second-order valence-corrected chi connectivity index (χ2v) is 8.19. The Balaban J connectivity index is 1.99. The van der Waals surface area contributed by atoms with E-state index in [0.717, 1.165) is 11.6 Å². The van der Waals surface area contributed by atoms with Crippen LogP contribution in [0.25, 0.3) is 11.1 Å². The Hall–Kier alpha value is -4.05. The Morgan fingerprint density at radius 2 is 1.71 bits per heavy atom. The number of hydrogen-bond acceptors (Lipinski definition) is 6. The average Bonchev–Trinajstić information content (AvgIpc) is 2.81. The molecule has 0 aliphatic rings. The molecule has 0 radical (unpaired) electrons. The van der Waals surface area contributed by atoms with Crippen LogP contribution in [0, 0.1) is 17.6 Å². The molecule has 0 saturated carbocycles. The molecule has 0 amide bonds. The lowest BCUT2D eigenvalue weighted by atomic mass is 10.0. The number of aromatic carboxylic acids is 1. The van der Waals surface area contributed by atoms with E-state index < -0.39 is 41.4 Å². The first-order valence-electron chi connectivity index (χ1n) is 10.7. The summed E-state index contributed by atoms with van der Waals surface area (Å²) in [5, 5.41) is 18.9. The van der Waals surface area contributed by atoms with Crippen LogP contribution in [0.1, 0.15) is 36.2 Å². The van der Waals surface area contributed by atoms with Crippen molar-refractivity contribution in [2.24, 2.45) is 11.7 Å². The van der Waals surface area contributed by atoms with Gasteiger partial charge in [-0.2, -0.15) is 4.98 Å². The van der Waals surface area contributed by atoms with Gasteiger partial charge in [-0.3, -0.25) is 0 Å². The summed E-state index contributed by atoms with van der Waals surface area (Å²) in [4.78, 5) is 26.8. The van der Waals surface area contributed by atoms with Gasteiger partial charge in [0.2, 0.25) is 0 Å². The second kappa shape index (κ2) is 10.9. The number of hydrogen-bond donors (Lipinski definition) is 3. The van der Waals surface area contributed by atoms with E-state index in [1.54, 1.807) is 32.0 Å². The van der Waals surface area contributed by atoms with E-state index in [1.165, 1.54) is 12.1 Å². The summed E-state index contributed by atoms with van der Waals surface area (Å²) in [6.45, 7) is 3.80. The van der Waals surface area contributed by atoms with Crippen LogP contribution in [0.2, 0.25) is 0 Å². The number of aromatic nitrogens is 1. The fourth-order valence-corrected chi connectivity index (χ4v) is 3.29. The van der Waals surface area contributed by atoms with Crippen molar-refractivity contribution in [3.8, 4) is 28.6 Å². The van der Waals surface area contributed by atoms with Gasteiger partial charge in [-0.1, -0.05) is 32.0 Å². The van der Waals surface area contributed by atoms with Crippen molar-refractivity contribution in [2.75, 3.05) is 0 Å². The molecule has 4 N–H and O–H groups in total. The molecule has 35 heavy (non-hydrogen) atoms. The van der Waals surface area contributed by atoms with Gasteiger partial charge in [-0.25, -0.2) is 18.4 Å². The largest absolute Gasteiger partial charge is 0.479 e. The van der Waals surface area contributed by atoms with Crippen molar-refractivity contribution < 1.29 is 38.1 Å². The summed E-state index contributed by atoms with van der Waals surface area (Å²) in [5.74, 6) is -6.59. The molecular weight excluding hydrogens is 462 g/mol. The Labute approximate surface area is 199 Å². The predicted molar refractivity (Wildman–Crippen MR) is 122 cm³/mol. The number of nitrogens with two attached hydrogens (primary N) is 1. The third-order valence-corrected chi connectivity index (χ3v) is 4.94. The van der Waals surface area contributed by atoms with E-state index in [-0.39, 0.29) is 30.2 Å². The number of pyridine rings is 1. The molecule has 0 saturated heterocycles. The number of nitrogens with zero attached hydrogens (tertiary/aromatic N) is 1. The first kappa shape index (κ1) is 25.6. The summed E-state index contributed by atoms with van der Waals surface area (Å²) in [6.07, 6.45) is -1.34. The van der Waals surface area contributed by atoms with Crippen LogP contribution in [-0.2, 0) is 11.3 Å². The Morgan fingerprint density at radius 3 is 2.34 bits per heavy atom. The summed E-state index contributed by atoms with van der Waals surface area (Å²) >= 11 is 0. The minimum atomic E-state index is -1.41. The van der Waals surface area contributed by atoms with Gasteiger partial charge in [-0.05, 0) is 53.3 Å². The zero-order valence-corrected chi connectivity index (χ0v) is 19.0. The minimum Gasteiger partial charge on any atom is -0.479 e. The molecule has 0 bridgehead atoms. The summed E-state index contributed by atoms with van der Waals surface area (Å²) < 4.78 is 39.4. The molecule has 8 nitrogen and oxygen atoms in total. The molecule has 3 rings (SSSR count). The first-order valence-corrected chi connectivity index (χ1v) is 10.7. The van der Waals surface area contributed by atoms with Crippen LogP contribution in [0.3, 0.4) is 0 Å². The lowest BCUT2D eigenvalue weighted by Crippen LogP contribution is -2.29. The molecule has 0 spiro atoms. The van der Waals surface area contributed by atoms with Crippen molar-refractivity contribution in [3.05, 3.63) is 71.3 Å². The molecule has 10 heteroatoms. The van der Waals surface area contributed by atoms with Crippen LogP contribution in [0.5, 0.6) is 17.5 Å². The SMILES string of the molecule is CC(C)C[C@@H](Oc1nc(Oc2cc(C(=O)O)cc(-c3cccc(CN)c3)c2)c(F)cc1F)C(=O)O. The van der Waals surface area contributed by atoms with Crippen LogP contribution in [0.4, 0.5) is 8.78 Å². The molecule has 1 heterocycles. The molecule has 0 aliphatic carbocycles. The van der Waals surface area contributed by atoms with Gasteiger partial charge in [0, 0.05) is 12.6 Å². The van der Waals surface area contributed by atoms with E-state index in [0.29, 0.717) is 17.2 Å². The third-order valence-electron chi connectivity index (χ3n) is 4.94. The quantitative estimate of drug-likeness (QED) is 0.370. The van der Waals surface area contributed by atoms with Gasteiger partial charge in [-0.15, -0.1) is 0 Å². The molecule has 2 aromatic carbocycles. The van der Waals surface area contributed by atoms with Crippen molar-refractivity contribution >= 4 is 11.9 Å². The highest BCUT2D eigenvalue weighted by atomic mass is 19.1. The third kappa shape index (κ3) is 6.51. The van der Waals surface area contributed by atoms with Crippen LogP contribution in [-0.4, -0.2) is 33.2 Å². The van der Waals surface area contributed by atoms with Crippen LogP contribution >= 0.6 is 0 Å². The number of halogens is 2. The topological polar surface area (TPSA) is 132 Å². The van der Waals surface area contributed by atoms with Crippen molar-refractivity contribution in [1.82, 2.24) is 4.98 Å². The smallest absolute Gasteiger partial charge is 0.344 e. The normalized spacial score (nSPS) is 11.8. The van der Waals surface area contributed by atoms with Crippen LogP contribution < -0.4 is 15.2 Å². The van der Waals surface area contributed by atoms with E-state index >= 15 is 0 Å². The van der Waals surface area contributed by atoms with Crippen molar-refractivity contribution in [1.29, 1.82) is 0 Å². The monoisotopic (exact) mass is 486 g/mol. The van der Waals surface area contributed by atoms with E-state index in [9.17, 15) is 28.6 Å². The Bertz CT molecular complexity index is 1250. The second-order valence-electron chi connectivity index (χ2n) is 8.19. The molecule has 0 fully saturated rings. The highest BCUT2D eigenvalue weighted by molar-refractivity contribution is 5.90. The van der Waals surface area contributed by atoms with E-state index in [4.69, 9.17) is 15.2 Å². The van der Waals surface area contributed by atoms with Gasteiger partial charge < -0.3 is 25.4 Å². The fraction of sp³-hybridized carbons (Fsp3) is 0.240. The number of carboxylic acid groups (broad SMARTS) is 2. The Kier molecular flexibility index (Phi) is 7.98. The van der Waals surface area contributed by atoms with Gasteiger partial charge in [0.25, 0.3) is 11.8 Å². The fourth-order valence-electron chi connectivity index (χ4n) is 3.29. The first-order chi connectivity index (χ1) is 16.6. The lowest BCUT2D eigenvalue weighted by molar-refractivity contribution is -0.146. The number of carbonyl (C=O) groups is 2. The average molecular weight is 486 g/mol. The summed E-state index contributed by atoms with van der Waals surface area (Å²) in [7, 11) is 0. The number of carboxylic acids is 2. The molecule has 1 aromatic heterocycles. The molecule has 184 valence electrons. The molecular formula is C25H24F2N2O6. The van der Waals surface area contributed by atoms with E-state index in [2.05, 4.69) is 4.98 Å². The zero-order valence-electron chi connectivity index (χ0n) is 19.0. The minimum absolute atomic E-state index is 0.0654. The number of rotatable bonds is 10. The number of ether oxygens (including phenoxy) is 2. The molecule has 1 atom stereocenters. The standard InChI is InChI=1S/C25H24F2N2O6/c1-13(2)6-21(25(32)33)35-23-20(27)11-19(26)22(29-23)34-18-9-16(8-17(10-18)24(30)31)15-5-3-4-14(7-15)12-28/h3-5,7-11,13,21H,6,12,28H2,1-2H3,(H,30,31)(H,32,33)/t21-/m1/s1. The molecule has 0 aliphatic heterocycles. The van der Waals surface area contributed by atoms with Gasteiger partial charge >= 0.3 is 11.9 Å². The predicted octanol–water partition coefficient (Wildman–Crippen LogP) is 4.85. The van der Waals surface area contributed by atoms with Gasteiger partial charge in [0.1, 0.15) is 5.75 Å². The van der Waals surface area contributed by atoms with Crippen molar-refractivity contribution in [2.45, 2.75) is 32.9 Å². The maximum absolute atomic E-state index is 14.5. The zero-order chi connectivity index (χ0) is 25.7. The van der Waals surface area contributed by atoms with Crippen LogP contribution in [0.15, 0.2) is 48.5 Å². The highest BCUT2D eigenvalue weighted by Crippen LogP contribution is 2.32. The van der Waals surface area contributed by atoms with E-state index in [1.807, 2.05) is 6.07 Å². The molecule has 3 aromatic rings. The van der Waals surface area contributed by atoms with Gasteiger partial charge in [0.15, 0.2) is 17.7 Å². The maximum Gasteiger partial charge on any atom is 0.344 e. The number of aliphatic carboxylic acids is 1. The summed E-state index contributed by atoms with van der Waals surface area (Å²) in [6, 6.07) is 11.6. The number of benzene rings is 2. The highest BCUT2D eigenvalue weighted by Gasteiger charge is 2.25. The molecule has 0 unspecified atom stereocenters.